The Morgan fingerprint density at radius 3 is 2.33 bits per heavy atom. The molecule has 80 valence electrons. The van der Waals surface area contributed by atoms with Crippen molar-refractivity contribution in [1.82, 2.24) is 0 Å². The van der Waals surface area contributed by atoms with E-state index in [1.54, 1.807) is 6.92 Å². The summed E-state index contributed by atoms with van der Waals surface area (Å²) in [6.07, 6.45) is 0.487. The molecule has 0 radical (unpaired) electrons. The van der Waals surface area contributed by atoms with Crippen LogP contribution >= 0.6 is 0 Å². The topological polar surface area (TPSA) is 26.3 Å². The van der Waals surface area contributed by atoms with Crippen molar-refractivity contribution in [3.63, 3.8) is 0 Å². The maximum absolute atomic E-state index is 10.9. The van der Waals surface area contributed by atoms with E-state index in [0.717, 1.165) is 16.9 Å². The molecule has 0 unspecified atom stereocenters. The number of carbonyl (C=O) groups is 1. The first-order valence-electron chi connectivity index (χ1n) is 4.93. The molecule has 0 atom stereocenters. The number of carbonyl (C=O) groups excluding carboxylic acids is 1. The molecule has 15 heavy (non-hydrogen) atoms. The summed E-state index contributed by atoms with van der Waals surface area (Å²) in [5.41, 5.74) is 2.01. The van der Waals surface area contributed by atoms with Crippen LogP contribution in [-0.4, -0.2) is 12.4 Å². The minimum atomic E-state index is 0.172. The zero-order valence-electron chi connectivity index (χ0n) is 9.25. The van der Waals surface area contributed by atoms with Gasteiger partial charge in [0, 0.05) is 6.42 Å². The summed E-state index contributed by atoms with van der Waals surface area (Å²) in [4.78, 5) is 10.9. The second kappa shape index (κ2) is 5.35. The van der Waals surface area contributed by atoms with Gasteiger partial charge in [0.1, 0.15) is 18.1 Å². The van der Waals surface area contributed by atoms with Gasteiger partial charge in [0.2, 0.25) is 0 Å². The van der Waals surface area contributed by atoms with E-state index in [9.17, 15) is 4.79 Å². The van der Waals surface area contributed by atoms with Crippen molar-refractivity contribution < 1.29 is 9.53 Å². The van der Waals surface area contributed by atoms with Crippen LogP contribution in [-0.2, 0) is 11.2 Å². The van der Waals surface area contributed by atoms with Crippen molar-refractivity contribution in [2.45, 2.75) is 20.3 Å². The average molecular weight is 204 g/mol. The number of hydrogen-bond acceptors (Lipinski definition) is 2. The van der Waals surface area contributed by atoms with E-state index in [-0.39, 0.29) is 5.78 Å². The fourth-order valence-electron chi connectivity index (χ4n) is 1.20. The predicted molar refractivity (Wildman–Crippen MR) is 61.1 cm³/mol. The average Bonchev–Trinajstić information content (AvgIpc) is 2.16. The van der Waals surface area contributed by atoms with E-state index in [2.05, 4.69) is 6.58 Å². The van der Waals surface area contributed by atoms with Gasteiger partial charge in [-0.15, -0.1) is 0 Å². The lowest BCUT2D eigenvalue weighted by molar-refractivity contribution is -0.116. The molecule has 1 rings (SSSR count). The van der Waals surface area contributed by atoms with Crippen molar-refractivity contribution in [2.75, 3.05) is 6.61 Å². The highest BCUT2D eigenvalue weighted by atomic mass is 16.5. The van der Waals surface area contributed by atoms with Crippen LogP contribution in [0.4, 0.5) is 0 Å². The lowest BCUT2D eigenvalue weighted by Gasteiger charge is -2.06. The van der Waals surface area contributed by atoms with Crippen LogP contribution in [0.15, 0.2) is 36.4 Å². The Morgan fingerprint density at radius 1 is 1.27 bits per heavy atom. The van der Waals surface area contributed by atoms with E-state index in [4.69, 9.17) is 4.74 Å². The Morgan fingerprint density at radius 2 is 1.87 bits per heavy atom. The van der Waals surface area contributed by atoms with Crippen molar-refractivity contribution >= 4 is 5.78 Å². The molecular formula is C13H16O2. The van der Waals surface area contributed by atoms with Crippen molar-refractivity contribution in [3.05, 3.63) is 42.0 Å². The van der Waals surface area contributed by atoms with Gasteiger partial charge in [0.15, 0.2) is 0 Å². The molecule has 2 heteroatoms. The van der Waals surface area contributed by atoms with Gasteiger partial charge in [-0.3, -0.25) is 4.79 Å². The van der Waals surface area contributed by atoms with Crippen molar-refractivity contribution in [3.8, 4) is 5.75 Å². The number of rotatable bonds is 5. The van der Waals surface area contributed by atoms with Gasteiger partial charge in [-0.2, -0.15) is 0 Å². The minimum absolute atomic E-state index is 0.172. The van der Waals surface area contributed by atoms with Crippen LogP contribution in [0.1, 0.15) is 19.4 Å². The maximum atomic E-state index is 10.9. The molecule has 0 amide bonds. The highest BCUT2D eigenvalue weighted by molar-refractivity contribution is 5.78. The molecule has 0 N–H and O–H groups in total. The summed E-state index contributed by atoms with van der Waals surface area (Å²) < 4.78 is 5.44. The third kappa shape index (κ3) is 4.45. The normalized spacial score (nSPS) is 9.73. The van der Waals surface area contributed by atoms with Crippen LogP contribution in [0.5, 0.6) is 5.75 Å². The van der Waals surface area contributed by atoms with Gasteiger partial charge in [-0.05, 0) is 37.1 Å². The summed E-state index contributed by atoms with van der Waals surface area (Å²) >= 11 is 0. The first-order valence-corrected chi connectivity index (χ1v) is 4.93. The molecular weight excluding hydrogens is 188 g/mol. The number of ether oxygens (including phenoxy) is 1. The SMILES string of the molecule is C=C(C)COc1ccc(CC(C)=O)cc1. The van der Waals surface area contributed by atoms with Gasteiger partial charge in [0.25, 0.3) is 0 Å². The zero-order valence-corrected chi connectivity index (χ0v) is 9.25. The Balaban J connectivity index is 2.56. The molecule has 0 heterocycles. The lowest BCUT2D eigenvalue weighted by Crippen LogP contribution is -1.99. The Labute approximate surface area is 90.6 Å². The van der Waals surface area contributed by atoms with Gasteiger partial charge < -0.3 is 4.74 Å². The zero-order chi connectivity index (χ0) is 11.3. The van der Waals surface area contributed by atoms with Crippen molar-refractivity contribution in [2.24, 2.45) is 0 Å². The third-order valence-electron chi connectivity index (χ3n) is 1.86. The van der Waals surface area contributed by atoms with Crippen LogP contribution in [0.25, 0.3) is 0 Å². The second-order valence-electron chi connectivity index (χ2n) is 3.77. The van der Waals surface area contributed by atoms with Gasteiger partial charge in [0.05, 0.1) is 0 Å². The Hall–Kier alpha value is -1.57. The maximum Gasteiger partial charge on any atom is 0.134 e. The first kappa shape index (κ1) is 11.5. The van der Waals surface area contributed by atoms with E-state index in [0.29, 0.717) is 13.0 Å². The van der Waals surface area contributed by atoms with Crippen LogP contribution in [0.2, 0.25) is 0 Å². The van der Waals surface area contributed by atoms with E-state index in [1.165, 1.54) is 0 Å². The third-order valence-corrected chi connectivity index (χ3v) is 1.86. The van der Waals surface area contributed by atoms with E-state index >= 15 is 0 Å². The van der Waals surface area contributed by atoms with Gasteiger partial charge >= 0.3 is 0 Å². The lowest BCUT2D eigenvalue weighted by atomic mass is 10.1. The minimum Gasteiger partial charge on any atom is -0.489 e. The first-order chi connectivity index (χ1) is 7.08. The predicted octanol–water partition coefficient (Wildman–Crippen LogP) is 2.77. The largest absolute Gasteiger partial charge is 0.489 e. The van der Waals surface area contributed by atoms with Crippen molar-refractivity contribution in [1.29, 1.82) is 0 Å². The molecule has 0 bridgehead atoms. The van der Waals surface area contributed by atoms with Crippen LogP contribution < -0.4 is 4.74 Å². The highest BCUT2D eigenvalue weighted by Crippen LogP contribution is 2.13. The number of benzene rings is 1. The molecule has 0 aliphatic carbocycles. The monoisotopic (exact) mass is 204 g/mol. The standard InChI is InChI=1S/C13H16O2/c1-10(2)9-15-13-6-4-12(5-7-13)8-11(3)14/h4-7H,1,8-9H2,2-3H3. The molecule has 1 aromatic carbocycles. The van der Waals surface area contributed by atoms with Gasteiger partial charge in [-0.1, -0.05) is 18.7 Å². The quantitative estimate of drug-likeness (QED) is 0.689. The molecule has 0 fully saturated rings. The van der Waals surface area contributed by atoms with Crippen LogP contribution in [0, 0.1) is 0 Å². The number of hydrogen-bond donors (Lipinski definition) is 0. The number of ketones is 1. The summed E-state index contributed by atoms with van der Waals surface area (Å²) in [7, 11) is 0. The Bertz CT molecular complexity index is 349. The number of Topliss-reactive ketones (excluding diaryl/α,β-unsaturated/α-hetero) is 1. The molecule has 0 saturated carbocycles. The van der Waals surface area contributed by atoms with Gasteiger partial charge in [-0.25, -0.2) is 0 Å². The molecule has 0 saturated heterocycles. The smallest absolute Gasteiger partial charge is 0.134 e. The summed E-state index contributed by atoms with van der Waals surface area (Å²) in [5.74, 6) is 0.982. The molecule has 0 aliphatic rings. The Kier molecular flexibility index (Phi) is 4.10. The fraction of sp³-hybridized carbons (Fsp3) is 0.308. The molecule has 2 nitrogen and oxygen atoms in total. The summed E-state index contributed by atoms with van der Waals surface area (Å²) in [6.45, 7) is 7.80. The molecule has 1 aromatic rings. The molecule has 0 aromatic heterocycles. The summed E-state index contributed by atoms with van der Waals surface area (Å²) in [6, 6.07) is 7.58. The molecule has 0 aliphatic heterocycles. The summed E-state index contributed by atoms with van der Waals surface area (Å²) in [5, 5.41) is 0. The van der Waals surface area contributed by atoms with Crippen LogP contribution in [0.3, 0.4) is 0 Å². The molecule has 0 spiro atoms. The highest BCUT2D eigenvalue weighted by Gasteiger charge is 1.98. The van der Waals surface area contributed by atoms with E-state index in [1.807, 2.05) is 31.2 Å². The van der Waals surface area contributed by atoms with E-state index < -0.39 is 0 Å². The fourth-order valence-corrected chi connectivity index (χ4v) is 1.20. The second-order valence-corrected chi connectivity index (χ2v) is 3.77.